The lowest BCUT2D eigenvalue weighted by atomic mass is 9.94. The normalized spacial score (nSPS) is 18.6. The molecule has 5 rings (SSSR count). The Morgan fingerprint density at radius 2 is 2.15 bits per heavy atom. The summed E-state index contributed by atoms with van der Waals surface area (Å²) in [5, 5.41) is 1.15. The van der Waals surface area contributed by atoms with Gasteiger partial charge in [0.15, 0.2) is 0 Å². The van der Waals surface area contributed by atoms with Crippen LogP contribution in [0.25, 0.3) is 10.9 Å². The Labute approximate surface area is 157 Å². The van der Waals surface area contributed by atoms with Gasteiger partial charge in [0.25, 0.3) is 0 Å². The van der Waals surface area contributed by atoms with Crippen LogP contribution in [0.15, 0.2) is 42.5 Å². The lowest BCUT2D eigenvalue weighted by molar-refractivity contribution is -0.137. The number of methoxy groups -OCH3 is 1. The largest absolute Gasteiger partial charge is 0.497 e. The Morgan fingerprint density at radius 3 is 3.04 bits per heavy atom. The number of fused-ring (bicyclic) bond motifs is 4. The highest BCUT2D eigenvalue weighted by Gasteiger charge is 2.32. The molecule has 0 unspecified atom stereocenters. The zero-order valence-electron chi connectivity index (χ0n) is 15.3. The third-order valence-electron chi connectivity index (χ3n) is 5.72. The topological polar surface area (TPSA) is 54.6 Å². The summed E-state index contributed by atoms with van der Waals surface area (Å²) in [4.78, 5) is 18.6. The first-order chi connectivity index (χ1) is 13.2. The predicted molar refractivity (Wildman–Crippen MR) is 103 cm³/mol. The summed E-state index contributed by atoms with van der Waals surface area (Å²) in [6.07, 6.45) is 1.60. The summed E-state index contributed by atoms with van der Waals surface area (Å²) < 4.78 is 11.2. The number of nitrogens with one attached hydrogen (secondary N) is 1. The monoisotopic (exact) mass is 362 g/mol. The fraction of sp³-hybridized carbons (Fsp3) is 0.318. The second kappa shape index (κ2) is 6.34. The molecule has 1 atom stereocenters. The van der Waals surface area contributed by atoms with E-state index in [1.807, 2.05) is 35.2 Å². The molecule has 0 saturated heterocycles. The van der Waals surface area contributed by atoms with E-state index in [4.69, 9.17) is 9.47 Å². The standard InChI is InChI=1S/C22H22N2O3/c1-26-16-6-7-19-17(11-16)18-12-24(9-8-20(18)23-19)22(25)15-10-14-4-2-3-5-21(14)27-13-15/h2-7,11,15,23H,8-10,12-13H2,1H3/t15-/m0/s1. The molecule has 0 fully saturated rings. The van der Waals surface area contributed by atoms with Crippen molar-refractivity contribution in [2.75, 3.05) is 20.3 Å². The molecule has 3 aromatic rings. The number of rotatable bonds is 2. The smallest absolute Gasteiger partial charge is 0.229 e. The van der Waals surface area contributed by atoms with E-state index in [1.54, 1.807) is 7.11 Å². The molecule has 138 valence electrons. The Bertz CT molecular complexity index is 1020. The van der Waals surface area contributed by atoms with Gasteiger partial charge in [-0.1, -0.05) is 18.2 Å². The summed E-state index contributed by atoms with van der Waals surface area (Å²) in [6.45, 7) is 1.84. The van der Waals surface area contributed by atoms with Crippen molar-refractivity contribution in [3.63, 3.8) is 0 Å². The van der Waals surface area contributed by atoms with E-state index in [0.29, 0.717) is 13.2 Å². The van der Waals surface area contributed by atoms with E-state index >= 15 is 0 Å². The second-order valence-electron chi connectivity index (χ2n) is 7.32. The number of aromatic amines is 1. The third-order valence-corrected chi connectivity index (χ3v) is 5.72. The maximum atomic E-state index is 13.2. The van der Waals surface area contributed by atoms with Gasteiger partial charge < -0.3 is 19.4 Å². The summed E-state index contributed by atoms with van der Waals surface area (Å²) in [7, 11) is 1.68. The Kier molecular flexibility index (Phi) is 3.81. The number of benzene rings is 2. The average molecular weight is 362 g/mol. The van der Waals surface area contributed by atoms with Crippen LogP contribution >= 0.6 is 0 Å². The molecule has 27 heavy (non-hydrogen) atoms. The Hall–Kier alpha value is -2.95. The van der Waals surface area contributed by atoms with Gasteiger partial charge in [0, 0.05) is 41.7 Å². The van der Waals surface area contributed by atoms with E-state index in [-0.39, 0.29) is 11.8 Å². The summed E-state index contributed by atoms with van der Waals surface area (Å²) in [6, 6.07) is 14.1. The minimum absolute atomic E-state index is 0.110. The summed E-state index contributed by atoms with van der Waals surface area (Å²) in [5.41, 5.74) is 4.66. The highest BCUT2D eigenvalue weighted by molar-refractivity contribution is 5.87. The lowest BCUT2D eigenvalue weighted by Crippen LogP contribution is -2.43. The number of aromatic nitrogens is 1. The highest BCUT2D eigenvalue weighted by atomic mass is 16.5. The molecule has 3 heterocycles. The second-order valence-corrected chi connectivity index (χ2v) is 7.32. The molecule has 1 amide bonds. The van der Waals surface area contributed by atoms with Crippen molar-refractivity contribution in [1.29, 1.82) is 0 Å². The molecular weight excluding hydrogens is 340 g/mol. The van der Waals surface area contributed by atoms with Crippen molar-refractivity contribution in [2.24, 2.45) is 5.92 Å². The van der Waals surface area contributed by atoms with Crippen molar-refractivity contribution >= 4 is 16.8 Å². The van der Waals surface area contributed by atoms with Crippen LogP contribution in [0.1, 0.15) is 16.8 Å². The number of hydrogen-bond donors (Lipinski definition) is 1. The van der Waals surface area contributed by atoms with Gasteiger partial charge in [0.05, 0.1) is 13.0 Å². The number of carbonyl (C=O) groups excluding carboxylic acids is 1. The van der Waals surface area contributed by atoms with Gasteiger partial charge >= 0.3 is 0 Å². The van der Waals surface area contributed by atoms with Gasteiger partial charge in [0.2, 0.25) is 5.91 Å². The summed E-state index contributed by atoms with van der Waals surface area (Å²) >= 11 is 0. The number of para-hydroxylation sites is 1. The molecular formula is C22H22N2O3. The molecule has 2 aliphatic rings. The molecule has 5 heteroatoms. The van der Waals surface area contributed by atoms with Crippen LogP contribution in [-0.2, 0) is 24.2 Å². The van der Waals surface area contributed by atoms with Crippen molar-refractivity contribution in [3.8, 4) is 11.5 Å². The number of ether oxygens (including phenoxy) is 2. The van der Waals surface area contributed by atoms with Crippen LogP contribution < -0.4 is 9.47 Å². The molecule has 0 radical (unpaired) electrons. The Morgan fingerprint density at radius 1 is 1.26 bits per heavy atom. The van der Waals surface area contributed by atoms with E-state index in [0.717, 1.165) is 47.4 Å². The van der Waals surface area contributed by atoms with Gasteiger partial charge in [-0.05, 0) is 36.2 Å². The number of carbonyl (C=O) groups is 1. The van der Waals surface area contributed by atoms with Crippen LogP contribution in [0.4, 0.5) is 0 Å². The molecule has 0 bridgehead atoms. The van der Waals surface area contributed by atoms with E-state index in [2.05, 4.69) is 17.1 Å². The van der Waals surface area contributed by atoms with Crippen LogP contribution in [0.2, 0.25) is 0 Å². The van der Waals surface area contributed by atoms with Crippen LogP contribution in [-0.4, -0.2) is 36.1 Å². The minimum atomic E-state index is -0.110. The van der Waals surface area contributed by atoms with Crippen molar-refractivity contribution in [2.45, 2.75) is 19.4 Å². The SMILES string of the molecule is COc1ccc2[nH]c3c(c2c1)CN(C(=O)[C@@H]1COc2ccccc2C1)CC3. The van der Waals surface area contributed by atoms with E-state index in [1.165, 1.54) is 11.3 Å². The van der Waals surface area contributed by atoms with Crippen molar-refractivity contribution in [1.82, 2.24) is 9.88 Å². The molecule has 5 nitrogen and oxygen atoms in total. The molecule has 0 spiro atoms. The first-order valence-electron chi connectivity index (χ1n) is 9.40. The molecule has 2 aromatic carbocycles. The molecule has 1 aromatic heterocycles. The van der Waals surface area contributed by atoms with Crippen LogP contribution in [0.3, 0.4) is 0 Å². The highest BCUT2D eigenvalue weighted by Crippen LogP contribution is 2.32. The van der Waals surface area contributed by atoms with E-state index < -0.39 is 0 Å². The lowest BCUT2D eigenvalue weighted by Gasteiger charge is -2.32. The minimum Gasteiger partial charge on any atom is -0.497 e. The van der Waals surface area contributed by atoms with Gasteiger partial charge in [-0.2, -0.15) is 0 Å². The number of H-pyrrole nitrogens is 1. The molecule has 0 aliphatic carbocycles. The maximum Gasteiger partial charge on any atom is 0.229 e. The molecule has 0 saturated carbocycles. The number of hydrogen-bond acceptors (Lipinski definition) is 3. The van der Waals surface area contributed by atoms with Gasteiger partial charge in [0.1, 0.15) is 18.1 Å². The number of nitrogens with zero attached hydrogens (tertiary/aromatic N) is 1. The first-order valence-corrected chi connectivity index (χ1v) is 9.40. The van der Waals surface area contributed by atoms with Gasteiger partial charge in [-0.15, -0.1) is 0 Å². The fourth-order valence-corrected chi connectivity index (χ4v) is 4.25. The zero-order valence-corrected chi connectivity index (χ0v) is 15.3. The number of amides is 1. The van der Waals surface area contributed by atoms with Crippen LogP contribution in [0, 0.1) is 5.92 Å². The molecule has 2 aliphatic heterocycles. The maximum absolute atomic E-state index is 13.2. The van der Waals surface area contributed by atoms with E-state index in [9.17, 15) is 4.79 Å². The third kappa shape index (κ3) is 2.74. The fourth-order valence-electron chi connectivity index (χ4n) is 4.25. The molecule has 1 N–H and O–H groups in total. The Balaban J connectivity index is 1.40. The van der Waals surface area contributed by atoms with Gasteiger partial charge in [-0.3, -0.25) is 4.79 Å². The van der Waals surface area contributed by atoms with Gasteiger partial charge in [-0.25, -0.2) is 0 Å². The summed E-state index contributed by atoms with van der Waals surface area (Å²) in [5.74, 6) is 1.82. The van der Waals surface area contributed by atoms with Crippen LogP contribution in [0.5, 0.6) is 11.5 Å². The van der Waals surface area contributed by atoms with Crippen molar-refractivity contribution < 1.29 is 14.3 Å². The first kappa shape index (κ1) is 16.2. The quantitative estimate of drug-likeness (QED) is 0.761. The van der Waals surface area contributed by atoms with Crippen molar-refractivity contribution in [3.05, 3.63) is 59.3 Å². The predicted octanol–water partition coefficient (Wildman–Crippen LogP) is 3.31. The average Bonchev–Trinajstić information content (AvgIpc) is 3.09. The zero-order chi connectivity index (χ0) is 18.4.